The predicted molar refractivity (Wildman–Crippen MR) is 59.5 cm³/mol. The lowest BCUT2D eigenvalue weighted by Gasteiger charge is -2.19. The van der Waals surface area contributed by atoms with Crippen molar-refractivity contribution in [2.24, 2.45) is 7.05 Å². The Hall–Kier alpha value is -2.12. The van der Waals surface area contributed by atoms with E-state index >= 15 is 0 Å². The molecule has 8 nitrogen and oxygen atoms in total. The van der Waals surface area contributed by atoms with Gasteiger partial charge in [0.2, 0.25) is 5.95 Å². The first-order valence-corrected chi connectivity index (χ1v) is 5.16. The fraction of sp³-hybridized carbons (Fsp3) is 0.556. The summed E-state index contributed by atoms with van der Waals surface area (Å²) < 4.78 is 1.39. The van der Waals surface area contributed by atoms with E-state index in [1.54, 1.807) is 7.05 Å². The van der Waals surface area contributed by atoms with Crippen molar-refractivity contribution in [2.75, 3.05) is 18.4 Å². The van der Waals surface area contributed by atoms with Crippen LogP contribution in [0.2, 0.25) is 0 Å². The molecule has 0 fully saturated rings. The molecule has 0 bridgehead atoms. The fourth-order valence-electron chi connectivity index (χ4n) is 1.27. The molecule has 0 aromatic carbocycles. The summed E-state index contributed by atoms with van der Waals surface area (Å²) in [5, 5.41) is 15.0. The molecule has 1 rings (SSSR count). The number of carbonyl (C=O) groups excluding carboxylic acids is 1. The second-order valence-electron chi connectivity index (χ2n) is 3.45. The first kappa shape index (κ1) is 12.9. The van der Waals surface area contributed by atoms with Crippen LogP contribution in [-0.4, -0.2) is 49.9 Å². The van der Waals surface area contributed by atoms with Gasteiger partial charge in [0, 0.05) is 13.6 Å². The molecule has 2 amide bonds. The molecule has 0 unspecified atom stereocenters. The van der Waals surface area contributed by atoms with Gasteiger partial charge in [0.25, 0.3) is 0 Å². The number of carbonyl (C=O) groups is 2. The smallest absolute Gasteiger partial charge is 0.324 e. The third-order valence-corrected chi connectivity index (χ3v) is 2.04. The SMILES string of the molecule is CCCN(CC(=O)O)C(=O)Nc1ncnn1C. The molecule has 0 aliphatic carbocycles. The van der Waals surface area contributed by atoms with E-state index in [0.717, 1.165) is 0 Å². The summed E-state index contributed by atoms with van der Waals surface area (Å²) in [5.41, 5.74) is 0. The number of carboxylic acids is 1. The minimum absolute atomic E-state index is 0.279. The van der Waals surface area contributed by atoms with Crippen LogP contribution in [0.4, 0.5) is 10.7 Å². The summed E-state index contributed by atoms with van der Waals surface area (Å²) in [7, 11) is 1.63. The number of urea groups is 1. The highest BCUT2D eigenvalue weighted by Crippen LogP contribution is 2.01. The number of aryl methyl sites for hydroxylation is 1. The van der Waals surface area contributed by atoms with Gasteiger partial charge in [-0.3, -0.25) is 10.1 Å². The van der Waals surface area contributed by atoms with Crippen LogP contribution in [0.1, 0.15) is 13.3 Å². The summed E-state index contributed by atoms with van der Waals surface area (Å²) in [4.78, 5) is 27.4. The zero-order chi connectivity index (χ0) is 12.8. The van der Waals surface area contributed by atoms with E-state index < -0.39 is 12.0 Å². The van der Waals surface area contributed by atoms with E-state index in [2.05, 4.69) is 15.4 Å². The van der Waals surface area contributed by atoms with Gasteiger partial charge in [0.1, 0.15) is 12.9 Å². The van der Waals surface area contributed by atoms with Crippen molar-refractivity contribution < 1.29 is 14.7 Å². The first-order chi connectivity index (χ1) is 8.04. The summed E-state index contributed by atoms with van der Waals surface area (Å²) in [6, 6.07) is -0.495. The maximum atomic E-state index is 11.8. The second kappa shape index (κ2) is 5.83. The number of carboxylic acid groups (broad SMARTS) is 1. The van der Waals surface area contributed by atoms with Gasteiger partial charge in [-0.2, -0.15) is 10.1 Å². The molecular weight excluding hydrogens is 226 g/mol. The van der Waals surface area contributed by atoms with Crippen molar-refractivity contribution >= 4 is 17.9 Å². The number of nitrogens with one attached hydrogen (secondary N) is 1. The Morgan fingerprint density at radius 1 is 1.59 bits per heavy atom. The fourth-order valence-corrected chi connectivity index (χ4v) is 1.27. The number of amides is 2. The lowest BCUT2D eigenvalue weighted by atomic mass is 10.4. The van der Waals surface area contributed by atoms with Gasteiger partial charge >= 0.3 is 12.0 Å². The standard InChI is InChI=1S/C9H15N5O3/c1-3-4-14(5-7(15)16)9(17)12-8-10-6-11-13(8)2/h6H,3-5H2,1-2H3,(H,15,16)(H,10,11,12,17). The van der Waals surface area contributed by atoms with Crippen LogP contribution in [0.5, 0.6) is 0 Å². The van der Waals surface area contributed by atoms with Crippen molar-refractivity contribution in [3.05, 3.63) is 6.33 Å². The van der Waals surface area contributed by atoms with Gasteiger partial charge in [-0.15, -0.1) is 0 Å². The van der Waals surface area contributed by atoms with E-state index in [0.29, 0.717) is 13.0 Å². The second-order valence-corrected chi connectivity index (χ2v) is 3.45. The molecule has 1 heterocycles. The number of rotatable bonds is 5. The zero-order valence-electron chi connectivity index (χ0n) is 9.75. The molecule has 94 valence electrons. The number of aromatic nitrogens is 3. The van der Waals surface area contributed by atoms with E-state index in [9.17, 15) is 9.59 Å². The monoisotopic (exact) mass is 241 g/mol. The predicted octanol–water partition coefficient (Wildman–Crippen LogP) is 0.144. The largest absolute Gasteiger partial charge is 0.480 e. The third-order valence-electron chi connectivity index (χ3n) is 2.04. The van der Waals surface area contributed by atoms with Crippen molar-refractivity contribution in [3.63, 3.8) is 0 Å². The van der Waals surface area contributed by atoms with E-state index in [1.165, 1.54) is 15.9 Å². The molecule has 1 aromatic heterocycles. The summed E-state index contributed by atoms with van der Waals surface area (Å²) in [6.45, 7) is 1.90. The highest BCUT2D eigenvalue weighted by atomic mass is 16.4. The van der Waals surface area contributed by atoms with Crippen LogP contribution in [0.25, 0.3) is 0 Å². The van der Waals surface area contributed by atoms with Crippen molar-refractivity contribution in [1.29, 1.82) is 0 Å². The Balaban J connectivity index is 2.65. The van der Waals surface area contributed by atoms with Gasteiger partial charge in [-0.25, -0.2) is 9.48 Å². The molecule has 0 aliphatic heterocycles. The van der Waals surface area contributed by atoms with Crippen molar-refractivity contribution in [3.8, 4) is 0 Å². The molecule has 0 atom stereocenters. The summed E-state index contributed by atoms with van der Waals surface area (Å²) in [6.07, 6.45) is 1.98. The molecule has 0 spiro atoms. The van der Waals surface area contributed by atoms with Gasteiger partial charge in [0.05, 0.1) is 0 Å². The molecule has 8 heteroatoms. The maximum absolute atomic E-state index is 11.8. The molecule has 0 aliphatic rings. The van der Waals surface area contributed by atoms with Crippen LogP contribution in [-0.2, 0) is 11.8 Å². The van der Waals surface area contributed by atoms with E-state index in [4.69, 9.17) is 5.11 Å². The van der Waals surface area contributed by atoms with Crippen LogP contribution in [0, 0.1) is 0 Å². The average molecular weight is 241 g/mol. The normalized spacial score (nSPS) is 10.0. The van der Waals surface area contributed by atoms with Gasteiger partial charge in [0.15, 0.2) is 0 Å². The molecule has 0 saturated carbocycles. The number of hydrogen-bond acceptors (Lipinski definition) is 4. The number of aliphatic carboxylic acids is 1. The van der Waals surface area contributed by atoms with E-state index in [-0.39, 0.29) is 12.5 Å². The minimum Gasteiger partial charge on any atom is -0.480 e. The third kappa shape index (κ3) is 3.74. The lowest BCUT2D eigenvalue weighted by molar-refractivity contribution is -0.137. The summed E-state index contributed by atoms with van der Waals surface area (Å²) >= 11 is 0. The molecule has 0 radical (unpaired) electrons. The Labute approximate surface area is 98.2 Å². The lowest BCUT2D eigenvalue weighted by Crippen LogP contribution is -2.39. The van der Waals surface area contributed by atoms with Crippen LogP contribution >= 0.6 is 0 Å². The van der Waals surface area contributed by atoms with Gasteiger partial charge in [-0.1, -0.05) is 6.92 Å². The molecule has 1 aromatic rings. The molecule has 17 heavy (non-hydrogen) atoms. The van der Waals surface area contributed by atoms with Gasteiger partial charge in [-0.05, 0) is 6.42 Å². The van der Waals surface area contributed by atoms with Gasteiger partial charge < -0.3 is 10.0 Å². The number of anilines is 1. The van der Waals surface area contributed by atoms with E-state index in [1.807, 2.05) is 6.92 Å². The quantitative estimate of drug-likeness (QED) is 0.763. The van der Waals surface area contributed by atoms with Crippen LogP contribution in [0.15, 0.2) is 6.33 Å². The Kier molecular flexibility index (Phi) is 4.44. The van der Waals surface area contributed by atoms with Crippen LogP contribution < -0.4 is 5.32 Å². The minimum atomic E-state index is -1.05. The van der Waals surface area contributed by atoms with Crippen LogP contribution in [0.3, 0.4) is 0 Å². The number of nitrogens with zero attached hydrogens (tertiary/aromatic N) is 4. The highest BCUT2D eigenvalue weighted by molar-refractivity contribution is 5.89. The topological polar surface area (TPSA) is 100 Å². The highest BCUT2D eigenvalue weighted by Gasteiger charge is 2.17. The first-order valence-electron chi connectivity index (χ1n) is 5.16. The Morgan fingerprint density at radius 2 is 2.29 bits per heavy atom. The van der Waals surface area contributed by atoms with Crippen molar-refractivity contribution in [2.45, 2.75) is 13.3 Å². The number of hydrogen-bond donors (Lipinski definition) is 2. The summed E-state index contributed by atoms with van der Waals surface area (Å²) in [5.74, 6) is -0.770. The average Bonchev–Trinajstić information content (AvgIpc) is 2.63. The zero-order valence-corrected chi connectivity index (χ0v) is 9.75. The molecule has 2 N–H and O–H groups in total. The Bertz CT molecular complexity index is 403. The molecular formula is C9H15N5O3. The Morgan fingerprint density at radius 3 is 2.76 bits per heavy atom. The maximum Gasteiger partial charge on any atom is 0.324 e. The molecule has 0 saturated heterocycles. The van der Waals surface area contributed by atoms with Crippen molar-refractivity contribution in [1.82, 2.24) is 19.7 Å².